The minimum Gasteiger partial charge on any atom is -0.347 e. The molecule has 3 aromatic heterocycles. The van der Waals surface area contributed by atoms with Gasteiger partial charge < -0.3 is 10.3 Å². The smallest absolute Gasteiger partial charge is 0.261 e. The monoisotopic (exact) mass is 349 g/mol. The van der Waals surface area contributed by atoms with Crippen molar-refractivity contribution in [3.63, 3.8) is 0 Å². The molecule has 0 spiro atoms. The van der Waals surface area contributed by atoms with Crippen molar-refractivity contribution >= 4 is 38.2 Å². The Labute approximate surface area is 147 Å². The van der Waals surface area contributed by atoms with E-state index in [9.17, 15) is 9.59 Å². The van der Waals surface area contributed by atoms with Crippen molar-refractivity contribution in [2.24, 2.45) is 0 Å². The Bertz CT molecular complexity index is 1150. The standard InChI is InChI=1S/C19H15N3O2S/c1-11-4-5-15-13(7-11)17-14(18(23)22-15)8-16(25-17)19(24)21-10-12-3-2-6-20-9-12/h2-9H,10H2,1H3,(H,21,24)(H,22,23). The summed E-state index contributed by atoms with van der Waals surface area (Å²) in [6.07, 6.45) is 3.41. The highest BCUT2D eigenvalue weighted by Gasteiger charge is 2.14. The van der Waals surface area contributed by atoms with E-state index in [2.05, 4.69) is 15.3 Å². The van der Waals surface area contributed by atoms with Gasteiger partial charge in [0.1, 0.15) is 0 Å². The van der Waals surface area contributed by atoms with Gasteiger partial charge in [-0.1, -0.05) is 17.7 Å². The van der Waals surface area contributed by atoms with Crippen molar-refractivity contribution in [1.29, 1.82) is 0 Å². The summed E-state index contributed by atoms with van der Waals surface area (Å²) in [5.74, 6) is -0.190. The van der Waals surface area contributed by atoms with Crippen LogP contribution in [0.25, 0.3) is 21.0 Å². The summed E-state index contributed by atoms with van der Waals surface area (Å²) in [5.41, 5.74) is 2.65. The van der Waals surface area contributed by atoms with Gasteiger partial charge in [-0.05, 0) is 36.8 Å². The number of amides is 1. The van der Waals surface area contributed by atoms with E-state index in [1.165, 1.54) is 11.3 Å². The SMILES string of the molecule is Cc1ccc2[nH]c(=O)c3cc(C(=O)NCc4cccnc4)sc3c2c1. The minimum atomic E-state index is -0.190. The zero-order chi connectivity index (χ0) is 17.4. The van der Waals surface area contributed by atoms with Crippen LogP contribution in [0.15, 0.2) is 53.6 Å². The van der Waals surface area contributed by atoms with Gasteiger partial charge in [0.05, 0.1) is 10.3 Å². The van der Waals surface area contributed by atoms with E-state index in [4.69, 9.17) is 0 Å². The predicted molar refractivity (Wildman–Crippen MR) is 100 cm³/mol. The van der Waals surface area contributed by atoms with Crippen LogP contribution in [-0.4, -0.2) is 15.9 Å². The average Bonchev–Trinajstić information content (AvgIpc) is 3.08. The summed E-state index contributed by atoms with van der Waals surface area (Å²) in [5, 5.41) is 4.39. The number of nitrogens with one attached hydrogen (secondary N) is 2. The van der Waals surface area contributed by atoms with Gasteiger partial charge in [0, 0.05) is 34.5 Å². The molecule has 0 saturated heterocycles. The number of rotatable bonds is 3. The second kappa shape index (κ2) is 6.14. The topological polar surface area (TPSA) is 74.8 Å². The fraction of sp³-hybridized carbons (Fsp3) is 0.105. The zero-order valence-corrected chi connectivity index (χ0v) is 14.3. The van der Waals surface area contributed by atoms with E-state index in [1.807, 2.05) is 37.3 Å². The molecular formula is C19H15N3O2S. The molecule has 0 aliphatic heterocycles. The Morgan fingerprint density at radius 3 is 2.92 bits per heavy atom. The summed E-state index contributed by atoms with van der Waals surface area (Å²) < 4.78 is 0.842. The predicted octanol–water partition coefficient (Wildman–Crippen LogP) is 3.38. The number of carbonyl (C=O) groups is 1. The zero-order valence-electron chi connectivity index (χ0n) is 13.5. The van der Waals surface area contributed by atoms with Crippen molar-refractivity contribution in [3.8, 4) is 0 Å². The van der Waals surface area contributed by atoms with Gasteiger partial charge in [-0.25, -0.2) is 0 Å². The summed E-state index contributed by atoms with van der Waals surface area (Å²) in [4.78, 5) is 32.2. The van der Waals surface area contributed by atoms with Crippen molar-refractivity contribution in [2.75, 3.05) is 0 Å². The molecule has 124 valence electrons. The molecule has 0 bridgehead atoms. The maximum absolute atomic E-state index is 12.5. The van der Waals surface area contributed by atoms with Crippen molar-refractivity contribution in [1.82, 2.24) is 15.3 Å². The number of thiophene rings is 1. The van der Waals surface area contributed by atoms with Crippen LogP contribution in [0.3, 0.4) is 0 Å². The number of hydrogen-bond acceptors (Lipinski definition) is 4. The number of hydrogen-bond donors (Lipinski definition) is 2. The second-order valence-corrected chi connectivity index (χ2v) is 6.95. The fourth-order valence-corrected chi connectivity index (χ4v) is 3.89. The Morgan fingerprint density at radius 1 is 1.24 bits per heavy atom. The lowest BCUT2D eigenvalue weighted by atomic mass is 10.1. The van der Waals surface area contributed by atoms with E-state index < -0.39 is 0 Å². The van der Waals surface area contributed by atoms with Crippen molar-refractivity contribution in [2.45, 2.75) is 13.5 Å². The number of benzene rings is 1. The lowest BCUT2D eigenvalue weighted by molar-refractivity contribution is 0.0955. The second-order valence-electron chi connectivity index (χ2n) is 5.90. The highest BCUT2D eigenvalue weighted by molar-refractivity contribution is 7.21. The molecule has 4 rings (SSSR count). The largest absolute Gasteiger partial charge is 0.347 e. The molecule has 0 saturated carbocycles. The highest BCUT2D eigenvalue weighted by Crippen LogP contribution is 2.30. The van der Waals surface area contributed by atoms with Crippen LogP contribution in [0.2, 0.25) is 0 Å². The first-order valence-electron chi connectivity index (χ1n) is 7.85. The molecule has 0 atom stereocenters. The first kappa shape index (κ1) is 15.5. The van der Waals surface area contributed by atoms with Crippen LogP contribution < -0.4 is 10.9 Å². The minimum absolute atomic E-state index is 0.172. The van der Waals surface area contributed by atoms with Crippen LogP contribution in [-0.2, 0) is 6.54 Å². The van der Waals surface area contributed by atoms with E-state index in [1.54, 1.807) is 18.5 Å². The number of aromatic nitrogens is 2. The van der Waals surface area contributed by atoms with Gasteiger partial charge in [-0.2, -0.15) is 0 Å². The number of fused-ring (bicyclic) bond motifs is 3. The van der Waals surface area contributed by atoms with Crippen molar-refractivity contribution in [3.05, 3.63) is 75.1 Å². The highest BCUT2D eigenvalue weighted by atomic mass is 32.1. The molecule has 6 heteroatoms. The van der Waals surface area contributed by atoms with E-state index >= 15 is 0 Å². The van der Waals surface area contributed by atoms with Gasteiger partial charge in [-0.15, -0.1) is 11.3 Å². The summed E-state index contributed by atoms with van der Waals surface area (Å²) in [6.45, 7) is 2.41. The fourth-order valence-electron chi connectivity index (χ4n) is 2.79. The van der Waals surface area contributed by atoms with Gasteiger partial charge in [-0.3, -0.25) is 14.6 Å². The maximum atomic E-state index is 12.5. The summed E-state index contributed by atoms with van der Waals surface area (Å²) in [7, 11) is 0. The van der Waals surface area contributed by atoms with Gasteiger partial charge >= 0.3 is 0 Å². The van der Waals surface area contributed by atoms with E-state index in [-0.39, 0.29) is 11.5 Å². The molecule has 0 aliphatic rings. The third kappa shape index (κ3) is 2.92. The van der Waals surface area contributed by atoms with Gasteiger partial charge in [0.2, 0.25) is 0 Å². The molecule has 0 fully saturated rings. The molecule has 4 aromatic rings. The maximum Gasteiger partial charge on any atom is 0.261 e. The molecule has 0 radical (unpaired) electrons. The third-order valence-electron chi connectivity index (χ3n) is 4.04. The Balaban J connectivity index is 1.72. The van der Waals surface area contributed by atoms with Crippen LogP contribution in [0.5, 0.6) is 0 Å². The lowest BCUT2D eigenvalue weighted by Crippen LogP contribution is -2.21. The molecular weight excluding hydrogens is 334 g/mol. The Kier molecular flexibility index (Phi) is 3.82. The summed E-state index contributed by atoms with van der Waals surface area (Å²) in [6, 6.07) is 11.3. The van der Waals surface area contributed by atoms with Gasteiger partial charge in [0.25, 0.3) is 11.5 Å². The molecule has 3 heterocycles. The molecule has 1 aromatic carbocycles. The first-order valence-corrected chi connectivity index (χ1v) is 8.67. The van der Waals surface area contributed by atoms with Crippen LogP contribution >= 0.6 is 11.3 Å². The van der Waals surface area contributed by atoms with E-state index in [0.717, 1.165) is 26.7 Å². The number of nitrogens with zero attached hydrogens (tertiary/aromatic N) is 1. The van der Waals surface area contributed by atoms with Crippen LogP contribution in [0.4, 0.5) is 0 Å². The van der Waals surface area contributed by atoms with Gasteiger partial charge in [0.15, 0.2) is 0 Å². The molecule has 2 N–H and O–H groups in total. The molecule has 1 amide bonds. The van der Waals surface area contributed by atoms with Crippen LogP contribution in [0.1, 0.15) is 20.8 Å². The molecule has 0 aliphatic carbocycles. The quantitative estimate of drug-likeness (QED) is 0.595. The molecule has 25 heavy (non-hydrogen) atoms. The lowest BCUT2D eigenvalue weighted by Gasteiger charge is -2.02. The number of carbonyl (C=O) groups excluding carboxylic acids is 1. The molecule has 5 nitrogen and oxygen atoms in total. The first-order chi connectivity index (χ1) is 12.1. The molecule has 0 unspecified atom stereocenters. The Hall–Kier alpha value is -2.99. The summed E-state index contributed by atoms with van der Waals surface area (Å²) >= 11 is 1.35. The Morgan fingerprint density at radius 2 is 2.12 bits per heavy atom. The normalized spacial score (nSPS) is 11.1. The number of aromatic amines is 1. The van der Waals surface area contributed by atoms with Crippen LogP contribution in [0, 0.1) is 6.92 Å². The average molecular weight is 349 g/mol. The number of pyridine rings is 2. The van der Waals surface area contributed by atoms with Crippen molar-refractivity contribution < 1.29 is 4.79 Å². The number of H-pyrrole nitrogens is 1. The van der Waals surface area contributed by atoms with E-state index in [0.29, 0.717) is 16.8 Å². The third-order valence-corrected chi connectivity index (χ3v) is 5.21. The number of aryl methyl sites for hydroxylation is 1.